The lowest BCUT2D eigenvalue weighted by molar-refractivity contribution is -0.391. The molecule has 0 radical (unpaired) electrons. The summed E-state index contributed by atoms with van der Waals surface area (Å²) in [4.78, 5) is 0. The maximum Gasteiger partial charge on any atom is 0.507 e. The maximum absolute atomic E-state index is 13.2. The van der Waals surface area contributed by atoms with Gasteiger partial charge in [0.15, 0.2) is 11.5 Å². The molecule has 0 amide bonds. The molecule has 1 aromatic carbocycles. The first kappa shape index (κ1) is 14.7. The molecule has 9 heteroatoms. The lowest BCUT2D eigenvalue weighted by atomic mass is 10.0. The smallest absolute Gasteiger partial charge is 0.496 e. The Bertz CT molecular complexity index is 525. The van der Waals surface area contributed by atoms with Gasteiger partial charge in [-0.25, -0.2) is 0 Å². The van der Waals surface area contributed by atoms with E-state index >= 15 is 0 Å². The molecule has 0 saturated carbocycles. The van der Waals surface area contributed by atoms with Crippen LogP contribution in [0.4, 0.5) is 17.6 Å². The Hall–Kier alpha value is -1.74. The van der Waals surface area contributed by atoms with Crippen molar-refractivity contribution < 1.29 is 31.8 Å². The summed E-state index contributed by atoms with van der Waals surface area (Å²) in [5, 5.41) is 0. The molecule has 0 spiro atoms. The van der Waals surface area contributed by atoms with Crippen molar-refractivity contribution in [1.82, 2.24) is 0 Å². The highest BCUT2D eigenvalue weighted by atomic mass is 19.3. The van der Waals surface area contributed by atoms with Crippen molar-refractivity contribution in [2.75, 3.05) is 13.7 Å². The van der Waals surface area contributed by atoms with E-state index in [0.29, 0.717) is 0 Å². The molecule has 0 fully saturated rings. The third-order valence-corrected chi connectivity index (χ3v) is 2.77. The molecule has 0 bridgehead atoms. The molecule has 0 saturated heterocycles. The van der Waals surface area contributed by atoms with Gasteiger partial charge in [-0.1, -0.05) is 0 Å². The molecule has 1 aromatic rings. The van der Waals surface area contributed by atoms with Crippen molar-refractivity contribution in [3.05, 3.63) is 17.7 Å². The van der Waals surface area contributed by atoms with Crippen LogP contribution in [-0.2, 0) is 0 Å². The maximum atomic E-state index is 13.2. The van der Waals surface area contributed by atoms with Crippen LogP contribution in [0.25, 0.3) is 0 Å². The topological polar surface area (TPSA) is 79.7 Å². The summed E-state index contributed by atoms with van der Waals surface area (Å²) in [6.07, 6.45) is -9.60. The fraction of sp³-hybridized carbons (Fsp3) is 0.455. The fourth-order valence-corrected chi connectivity index (χ4v) is 1.78. The number of fused-ring (bicyclic) bond motifs is 1. The van der Waals surface area contributed by atoms with E-state index in [1.165, 1.54) is 13.2 Å². The second-order valence-corrected chi connectivity index (χ2v) is 4.09. The van der Waals surface area contributed by atoms with E-state index < -0.39 is 29.8 Å². The van der Waals surface area contributed by atoms with E-state index in [4.69, 9.17) is 16.2 Å². The Labute approximate surface area is 111 Å². The van der Waals surface area contributed by atoms with Crippen LogP contribution < -0.4 is 25.7 Å². The summed E-state index contributed by atoms with van der Waals surface area (Å²) < 4.78 is 65.7. The predicted octanol–water partition coefficient (Wildman–Crippen LogP) is 1.61. The van der Waals surface area contributed by atoms with E-state index in [2.05, 4.69) is 9.47 Å². The van der Waals surface area contributed by atoms with Crippen LogP contribution in [0.2, 0.25) is 0 Å². The van der Waals surface area contributed by atoms with Crippen molar-refractivity contribution >= 4 is 0 Å². The standard InChI is InChI=1S/C11H12F4N2O3/c1-18-6-2-3-7-9(8(6)5(17)4-16)20-11(14,15)10(12,13)19-7/h2-3,5H,4,16-17H2,1H3. The molecule has 112 valence electrons. The number of nitrogens with two attached hydrogens (primary N) is 2. The van der Waals surface area contributed by atoms with Gasteiger partial charge in [0.25, 0.3) is 0 Å². The first-order valence-corrected chi connectivity index (χ1v) is 5.53. The highest BCUT2D eigenvalue weighted by Crippen LogP contribution is 2.51. The molecule has 1 aliphatic heterocycles. The number of benzene rings is 1. The zero-order chi connectivity index (χ0) is 15.1. The second kappa shape index (κ2) is 4.67. The number of methoxy groups -OCH3 is 1. The van der Waals surface area contributed by atoms with Crippen molar-refractivity contribution in [1.29, 1.82) is 0 Å². The van der Waals surface area contributed by atoms with Crippen LogP contribution in [0.15, 0.2) is 12.1 Å². The third-order valence-electron chi connectivity index (χ3n) is 2.77. The molecule has 1 atom stereocenters. The van der Waals surface area contributed by atoms with Gasteiger partial charge in [0, 0.05) is 12.6 Å². The number of alkyl halides is 4. The van der Waals surface area contributed by atoms with E-state index in [9.17, 15) is 17.6 Å². The molecule has 1 unspecified atom stereocenters. The predicted molar refractivity (Wildman–Crippen MR) is 60.1 cm³/mol. The Balaban J connectivity index is 2.61. The average Bonchev–Trinajstić information content (AvgIpc) is 2.37. The monoisotopic (exact) mass is 296 g/mol. The molecule has 2 rings (SSSR count). The van der Waals surface area contributed by atoms with Crippen LogP contribution >= 0.6 is 0 Å². The van der Waals surface area contributed by atoms with Crippen LogP contribution in [0, 0.1) is 0 Å². The Kier molecular flexibility index (Phi) is 3.42. The highest BCUT2D eigenvalue weighted by Gasteiger charge is 2.66. The molecule has 1 aliphatic rings. The largest absolute Gasteiger partial charge is 0.507 e. The number of halogens is 4. The van der Waals surface area contributed by atoms with Gasteiger partial charge >= 0.3 is 12.2 Å². The van der Waals surface area contributed by atoms with Crippen molar-refractivity contribution in [2.24, 2.45) is 11.5 Å². The molecule has 5 nitrogen and oxygen atoms in total. The molecule has 4 N–H and O–H groups in total. The summed E-state index contributed by atoms with van der Waals surface area (Å²) in [7, 11) is 1.27. The van der Waals surface area contributed by atoms with Gasteiger partial charge in [0.05, 0.1) is 12.7 Å². The lowest BCUT2D eigenvalue weighted by Gasteiger charge is -2.34. The van der Waals surface area contributed by atoms with Crippen molar-refractivity contribution in [3.63, 3.8) is 0 Å². The normalized spacial score (nSPS) is 20.4. The van der Waals surface area contributed by atoms with E-state index in [1.807, 2.05) is 0 Å². The lowest BCUT2D eigenvalue weighted by Crippen LogP contribution is -2.52. The van der Waals surface area contributed by atoms with Crippen molar-refractivity contribution in [2.45, 2.75) is 18.3 Å². The molecule has 0 aromatic heterocycles. The average molecular weight is 296 g/mol. The van der Waals surface area contributed by atoms with Gasteiger partial charge in [0.2, 0.25) is 0 Å². The summed E-state index contributed by atoms with van der Waals surface area (Å²) in [6, 6.07) is 1.35. The molecule has 1 heterocycles. The summed E-state index contributed by atoms with van der Waals surface area (Å²) >= 11 is 0. The van der Waals surface area contributed by atoms with Gasteiger partial charge in [-0.2, -0.15) is 17.6 Å². The molecular formula is C11H12F4N2O3. The first-order chi connectivity index (χ1) is 9.23. The van der Waals surface area contributed by atoms with Gasteiger partial charge in [-0.05, 0) is 12.1 Å². The number of rotatable bonds is 3. The molecule has 0 aliphatic carbocycles. The SMILES string of the molecule is COc1ccc2c(c1C(N)CN)OC(F)(F)C(F)(F)O2. The molecular weight excluding hydrogens is 284 g/mol. The van der Waals surface area contributed by atoms with Crippen LogP contribution in [0.5, 0.6) is 17.2 Å². The third kappa shape index (κ3) is 2.12. The zero-order valence-corrected chi connectivity index (χ0v) is 10.3. The number of ether oxygens (including phenoxy) is 3. The second-order valence-electron chi connectivity index (χ2n) is 4.09. The minimum Gasteiger partial charge on any atom is -0.496 e. The summed E-state index contributed by atoms with van der Waals surface area (Å²) in [5.74, 6) is -1.06. The minimum atomic E-state index is -4.82. The van der Waals surface area contributed by atoms with Crippen LogP contribution in [0.3, 0.4) is 0 Å². The molecule has 20 heavy (non-hydrogen) atoms. The van der Waals surface area contributed by atoms with Crippen molar-refractivity contribution in [3.8, 4) is 17.2 Å². The highest BCUT2D eigenvalue weighted by molar-refractivity contribution is 5.56. The quantitative estimate of drug-likeness (QED) is 0.828. The van der Waals surface area contributed by atoms with Gasteiger partial charge < -0.3 is 25.7 Å². The summed E-state index contributed by atoms with van der Waals surface area (Å²) in [5.41, 5.74) is 11.0. The zero-order valence-electron chi connectivity index (χ0n) is 10.3. The Morgan fingerprint density at radius 3 is 2.35 bits per heavy atom. The van der Waals surface area contributed by atoms with Crippen LogP contribution in [-0.4, -0.2) is 25.9 Å². The Morgan fingerprint density at radius 2 is 1.80 bits per heavy atom. The van der Waals surface area contributed by atoms with Crippen LogP contribution in [0.1, 0.15) is 11.6 Å². The summed E-state index contributed by atoms with van der Waals surface area (Å²) in [6.45, 7) is -0.127. The number of hydrogen-bond acceptors (Lipinski definition) is 5. The number of hydrogen-bond donors (Lipinski definition) is 2. The van der Waals surface area contributed by atoms with E-state index in [0.717, 1.165) is 6.07 Å². The van der Waals surface area contributed by atoms with Gasteiger partial charge in [-0.3, -0.25) is 0 Å². The van der Waals surface area contributed by atoms with Gasteiger partial charge in [0.1, 0.15) is 5.75 Å². The van der Waals surface area contributed by atoms with Gasteiger partial charge in [-0.15, -0.1) is 0 Å². The van der Waals surface area contributed by atoms with E-state index in [-0.39, 0.29) is 17.9 Å². The Morgan fingerprint density at radius 1 is 1.20 bits per heavy atom. The first-order valence-electron chi connectivity index (χ1n) is 5.53. The minimum absolute atomic E-state index is 0.0531. The fourth-order valence-electron chi connectivity index (χ4n) is 1.78. The van der Waals surface area contributed by atoms with E-state index in [1.54, 1.807) is 0 Å².